The Balaban J connectivity index is 1.52. The van der Waals surface area contributed by atoms with Crippen molar-refractivity contribution in [3.8, 4) is 0 Å². The second-order valence-corrected chi connectivity index (χ2v) is 9.07. The van der Waals surface area contributed by atoms with E-state index in [2.05, 4.69) is 30.9 Å². The Morgan fingerprint density at radius 2 is 2.20 bits per heavy atom. The monoisotopic (exact) mass is 430 g/mol. The summed E-state index contributed by atoms with van der Waals surface area (Å²) in [5.74, 6) is 0.661. The molecule has 4 heterocycles. The summed E-state index contributed by atoms with van der Waals surface area (Å²) in [5.41, 5.74) is 2.05. The van der Waals surface area contributed by atoms with Crippen LogP contribution in [-0.2, 0) is 0 Å². The highest BCUT2D eigenvalue weighted by Gasteiger charge is 2.20. The van der Waals surface area contributed by atoms with Crippen molar-refractivity contribution in [3.63, 3.8) is 0 Å². The van der Waals surface area contributed by atoms with E-state index in [1.807, 2.05) is 19.9 Å². The molecule has 3 unspecified atom stereocenters. The lowest BCUT2D eigenvalue weighted by Crippen LogP contribution is -2.25. The summed E-state index contributed by atoms with van der Waals surface area (Å²) in [7, 11) is 0. The fourth-order valence-corrected chi connectivity index (χ4v) is 4.71. The molecule has 9 heteroatoms. The van der Waals surface area contributed by atoms with Crippen LogP contribution in [0.3, 0.4) is 0 Å². The first-order valence-electron chi connectivity index (χ1n) is 10.3. The average Bonchev–Trinajstić information content (AvgIpc) is 3.36. The molecule has 1 aliphatic heterocycles. The zero-order chi connectivity index (χ0) is 21.1. The first-order valence-corrected chi connectivity index (χ1v) is 11.1. The van der Waals surface area contributed by atoms with Crippen LogP contribution < -0.4 is 16.0 Å². The van der Waals surface area contributed by atoms with E-state index in [0.717, 1.165) is 41.1 Å². The standard InChI is InChI=1S/C21H27FN6OS/c1-12-7-17-19(30-12)18(20(29)25-6-4-14-3-5-23-9-14)28-21(27-17)26-13(2)15-8-16(22)11-24-10-15/h7-8,10-11,13-14,20,23,25,29H,3-6,9H2,1-2H3,(H,26,27,28). The van der Waals surface area contributed by atoms with Gasteiger partial charge in [-0.05, 0) is 69.9 Å². The van der Waals surface area contributed by atoms with E-state index < -0.39 is 6.23 Å². The number of nitrogens with one attached hydrogen (secondary N) is 3. The van der Waals surface area contributed by atoms with Gasteiger partial charge < -0.3 is 15.7 Å². The van der Waals surface area contributed by atoms with Crippen LogP contribution in [0.25, 0.3) is 10.2 Å². The van der Waals surface area contributed by atoms with Gasteiger partial charge in [0, 0.05) is 11.1 Å². The summed E-state index contributed by atoms with van der Waals surface area (Å²) < 4.78 is 14.4. The van der Waals surface area contributed by atoms with E-state index in [9.17, 15) is 9.50 Å². The number of anilines is 1. The highest BCUT2D eigenvalue weighted by Crippen LogP contribution is 2.31. The molecule has 4 N–H and O–H groups in total. The maximum Gasteiger partial charge on any atom is 0.224 e. The number of hydrogen-bond acceptors (Lipinski definition) is 8. The molecule has 1 fully saturated rings. The minimum Gasteiger partial charge on any atom is -0.373 e. The van der Waals surface area contributed by atoms with Crippen LogP contribution in [0, 0.1) is 18.7 Å². The van der Waals surface area contributed by atoms with Gasteiger partial charge in [0.2, 0.25) is 5.95 Å². The lowest BCUT2D eigenvalue weighted by Gasteiger charge is -2.18. The normalized spacial score (nSPS) is 18.6. The number of aromatic nitrogens is 3. The van der Waals surface area contributed by atoms with E-state index in [-0.39, 0.29) is 11.9 Å². The van der Waals surface area contributed by atoms with Gasteiger partial charge in [0.1, 0.15) is 17.7 Å². The van der Waals surface area contributed by atoms with E-state index >= 15 is 0 Å². The van der Waals surface area contributed by atoms with E-state index in [0.29, 0.717) is 23.1 Å². The third-order valence-electron chi connectivity index (χ3n) is 5.40. The molecule has 1 aliphatic rings. The van der Waals surface area contributed by atoms with Crippen LogP contribution in [0.5, 0.6) is 0 Å². The average molecular weight is 431 g/mol. The number of rotatable bonds is 8. The fraction of sp³-hybridized carbons (Fsp3) is 0.476. The Morgan fingerprint density at radius 1 is 1.33 bits per heavy atom. The van der Waals surface area contributed by atoms with Gasteiger partial charge in [-0.1, -0.05) is 0 Å². The molecule has 0 spiro atoms. The van der Waals surface area contributed by atoms with Gasteiger partial charge in [-0.25, -0.2) is 14.4 Å². The van der Waals surface area contributed by atoms with Crippen molar-refractivity contribution in [2.75, 3.05) is 25.0 Å². The van der Waals surface area contributed by atoms with Gasteiger partial charge in [0.15, 0.2) is 0 Å². The minimum atomic E-state index is -0.880. The Hall–Kier alpha value is -2.20. The van der Waals surface area contributed by atoms with Crippen molar-refractivity contribution < 1.29 is 9.50 Å². The van der Waals surface area contributed by atoms with Gasteiger partial charge >= 0.3 is 0 Å². The quantitative estimate of drug-likeness (QED) is 0.407. The molecular weight excluding hydrogens is 403 g/mol. The summed E-state index contributed by atoms with van der Waals surface area (Å²) in [4.78, 5) is 14.2. The Morgan fingerprint density at radius 3 is 2.97 bits per heavy atom. The lowest BCUT2D eigenvalue weighted by atomic mass is 10.1. The Kier molecular flexibility index (Phi) is 6.52. The van der Waals surface area contributed by atoms with E-state index in [1.165, 1.54) is 18.7 Å². The van der Waals surface area contributed by atoms with E-state index in [1.54, 1.807) is 17.5 Å². The summed E-state index contributed by atoms with van der Waals surface area (Å²) in [5, 5.41) is 20.6. The summed E-state index contributed by atoms with van der Waals surface area (Å²) in [6, 6.07) is 3.19. The van der Waals surface area contributed by atoms with Crippen molar-refractivity contribution in [1.29, 1.82) is 0 Å². The maximum absolute atomic E-state index is 13.5. The predicted molar refractivity (Wildman–Crippen MR) is 117 cm³/mol. The number of pyridine rings is 1. The van der Waals surface area contributed by atoms with Crippen molar-refractivity contribution >= 4 is 27.5 Å². The molecule has 7 nitrogen and oxygen atoms in total. The van der Waals surface area contributed by atoms with Crippen molar-refractivity contribution in [2.45, 2.75) is 39.0 Å². The topological polar surface area (TPSA) is 95.0 Å². The molecule has 0 aromatic carbocycles. The number of aliphatic hydroxyl groups is 1. The molecule has 0 aliphatic carbocycles. The molecule has 0 bridgehead atoms. The van der Waals surface area contributed by atoms with Gasteiger partial charge in [0.25, 0.3) is 0 Å². The second-order valence-electron chi connectivity index (χ2n) is 7.81. The Bertz CT molecular complexity index is 1010. The molecule has 4 rings (SSSR count). The van der Waals surface area contributed by atoms with Crippen LogP contribution in [0.2, 0.25) is 0 Å². The molecule has 1 saturated heterocycles. The molecular formula is C21H27FN6OS. The summed E-state index contributed by atoms with van der Waals surface area (Å²) in [6.45, 7) is 6.74. The number of fused-ring (bicyclic) bond motifs is 1. The number of nitrogens with zero attached hydrogens (tertiary/aromatic N) is 3. The van der Waals surface area contributed by atoms with Crippen molar-refractivity contribution in [3.05, 3.63) is 46.5 Å². The van der Waals surface area contributed by atoms with Crippen molar-refractivity contribution in [1.82, 2.24) is 25.6 Å². The van der Waals surface area contributed by atoms with Crippen LogP contribution in [-0.4, -0.2) is 39.7 Å². The number of hydrogen-bond donors (Lipinski definition) is 4. The molecule has 160 valence electrons. The highest BCUT2D eigenvalue weighted by atomic mass is 32.1. The maximum atomic E-state index is 13.5. The highest BCUT2D eigenvalue weighted by molar-refractivity contribution is 7.19. The molecule has 30 heavy (non-hydrogen) atoms. The number of aryl methyl sites for hydroxylation is 1. The zero-order valence-electron chi connectivity index (χ0n) is 17.2. The molecule has 3 aromatic heterocycles. The molecule has 0 amide bonds. The van der Waals surface area contributed by atoms with Gasteiger partial charge in [0.05, 0.1) is 22.5 Å². The lowest BCUT2D eigenvalue weighted by molar-refractivity contribution is 0.134. The van der Waals surface area contributed by atoms with Crippen LogP contribution >= 0.6 is 11.3 Å². The van der Waals surface area contributed by atoms with Crippen LogP contribution in [0.4, 0.5) is 10.3 Å². The van der Waals surface area contributed by atoms with Gasteiger partial charge in [-0.3, -0.25) is 10.3 Å². The molecule has 0 saturated carbocycles. The van der Waals surface area contributed by atoms with Crippen LogP contribution in [0.15, 0.2) is 24.5 Å². The first kappa shape index (κ1) is 21.0. The zero-order valence-corrected chi connectivity index (χ0v) is 18.0. The number of thiophene rings is 1. The van der Waals surface area contributed by atoms with Gasteiger partial charge in [-0.15, -0.1) is 11.3 Å². The second kappa shape index (κ2) is 9.30. The summed E-state index contributed by atoms with van der Waals surface area (Å²) >= 11 is 1.57. The molecule has 0 radical (unpaired) electrons. The third kappa shape index (κ3) is 4.92. The molecule has 3 atom stereocenters. The van der Waals surface area contributed by atoms with Crippen molar-refractivity contribution in [2.24, 2.45) is 5.92 Å². The number of aliphatic hydroxyl groups excluding tert-OH is 1. The Labute approximate surface area is 179 Å². The first-order chi connectivity index (χ1) is 14.5. The predicted octanol–water partition coefficient (Wildman–Crippen LogP) is 3.29. The minimum absolute atomic E-state index is 0.238. The SMILES string of the molecule is Cc1cc2nc(NC(C)c3cncc(F)c3)nc(C(O)NCCC3CCNC3)c2s1. The largest absolute Gasteiger partial charge is 0.373 e. The summed E-state index contributed by atoms with van der Waals surface area (Å²) in [6.07, 6.45) is 4.10. The third-order valence-corrected chi connectivity index (χ3v) is 6.47. The van der Waals surface area contributed by atoms with E-state index in [4.69, 9.17) is 0 Å². The van der Waals surface area contributed by atoms with Gasteiger partial charge in [-0.2, -0.15) is 0 Å². The fourth-order valence-electron chi connectivity index (χ4n) is 3.74. The molecule has 3 aromatic rings. The van der Waals surface area contributed by atoms with Crippen LogP contribution in [0.1, 0.15) is 48.2 Å². The number of halogens is 1. The smallest absolute Gasteiger partial charge is 0.224 e.